The fraction of sp³-hybridized carbons (Fsp3) is 0.238. The van der Waals surface area contributed by atoms with Crippen LogP contribution in [0, 0.1) is 17.0 Å². The van der Waals surface area contributed by atoms with Crippen molar-refractivity contribution in [3.05, 3.63) is 64.3 Å². The van der Waals surface area contributed by atoms with Crippen LogP contribution in [0.5, 0.6) is 5.75 Å². The van der Waals surface area contributed by atoms with Gasteiger partial charge in [-0.05, 0) is 62.4 Å². The summed E-state index contributed by atoms with van der Waals surface area (Å²) in [7, 11) is 3.92. The van der Waals surface area contributed by atoms with Gasteiger partial charge in [0, 0.05) is 31.2 Å². The van der Waals surface area contributed by atoms with Crippen molar-refractivity contribution in [2.45, 2.75) is 13.8 Å². The average molecular weight is 408 g/mol. The third-order valence-corrected chi connectivity index (χ3v) is 4.31. The maximum Gasteiger partial charge on any atom is 0.332 e. The van der Waals surface area contributed by atoms with Gasteiger partial charge < -0.3 is 20.3 Å². The zero-order valence-electron chi connectivity index (χ0n) is 17.3. The largest absolute Gasteiger partial charge is 0.494 e. The minimum atomic E-state index is -0.484. The highest BCUT2D eigenvalue weighted by molar-refractivity contribution is 5.70. The first-order valence-electron chi connectivity index (χ1n) is 9.44. The molecule has 9 nitrogen and oxygen atoms in total. The number of anilines is 5. The number of nitrogens with zero attached hydrogens (tertiary/aromatic N) is 4. The Bertz CT molecular complexity index is 1020. The number of nitro groups is 1. The van der Waals surface area contributed by atoms with E-state index in [0.717, 1.165) is 17.1 Å². The minimum absolute atomic E-state index is 0.115. The maximum atomic E-state index is 11.6. The number of hydrogen-bond acceptors (Lipinski definition) is 8. The third kappa shape index (κ3) is 4.93. The molecule has 1 heterocycles. The Morgan fingerprint density at radius 3 is 2.17 bits per heavy atom. The van der Waals surface area contributed by atoms with Crippen LogP contribution in [0.2, 0.25) is 0 Å². The number of hydrogen-bond donors (Lipinski definition) is 2. The van der Waals surface area contributed by atoms with Crippen molar-refractivity contribution < 1.29 is 9.66 Å². The lowest BCUT2D eigenvalue weighted by Crippen LogP contribution is -2.09. The fourth-order valence-corrected chi connectivity index (χ4v) is 2.84. The lowest BCUT2D eigenvalue weighted by atomic mass is 10.2. The summed E-state index contributed by atoms with van der Waals surface area (Å²) in [6.07, 6.45) is 0. The number of nitrogens with one attached hydrogen (secondary N) is 2. The summed E-state index contributed by atoms with van der Waals surface area (Å²) in [6, 6.07) is 14.8. The molecule has 0 atom stereocenters. The molecule has 30 heavy (non-hydrogen) atoms. The molecule has 1 aromatic heterocycles. The molecule has 0 aliphatic heterocycles. The second kappa shape index (κ2) is 9.08. The standard InChI is InChI=1S/C21H24N6O3/c1-5-30-18-12-8-15(9-13-18)23-20-19(27(28)29)14(2)22-21(25-20)24-16-6-10-17(11-7-16)26(3)4/h6-13H,5H2,1-4H3,(H2,22,23,24,25). The van der Waals surface area contributed by atoms with Crippen molar-refractivity contribution in [3.8, 4) is 5.75 Å². The molecule has 3 aromatic rings. The summed E-state index contributed by atoms with van der Waals surface area (Å²) in [5, 5.41) is 17.7. The van der Waals surface area contributed by atoms with Crippen molar-refractivity contribution >= 4 is 34.5 Å². The molecule has 0 aliphatic carbocycles. The highest BCUT2D eigenvalue weighted by Gasteiger charge is 2.22. The summed E-state index contributed by atoms with van der Waals surface area (Å²) < 4.78 is 5.43. The Balaban J connectivity index is 1.89. The molecule has 9 heteroatoms. The number of aryl methyl sites for hydroxylation is 1. The maximum absolute atomic E-state index is 11.6. The average Bonchev–Trinajstić information content (AvgIpc) is 2.69. The van der Waals surface area contributed by atoms with Gasteiger partial charge in [0.15, 0.2) is 0 Å². The molecule has 0 spiro atoms. The van der Waals surface area contributed by atoms with Gasteiger partial charge in [0.25, 0.3) is 0 Å². The van der Waals surface area contributed by atoms with Crippen LogP contribution in [0.25, 0.3) is 0 Å². The van der Waals surface area contributed by atoms with E-state index in [9.17, 15) is 10.1 Å². The van der Waals surface area contributed by atoms with E-state index in [2.05, 4.69) is 20.6 Å². The molecule has 0 bridgehead atoms. The first-order chi connectivity index (χ1) is 14.4. The normalized spacial score (nSPS) is 10.4. The lowest BCUT2D eigenvalue weighted by molar-refractivity contribution is -0.385. The number of rotatable bonds is 8. The molecule has 2 aromatic carbocycles. The van der Waals surface area contributed by atoms with Gasteiger partial charge in [-0.3, -0.25) is 10.1 Å². The van der Waals surface area contributed by atoms with Gasteiger partial charge >= 0.3 is 5.69 Å². The molecular weight excluding hydrogens is 384 g/mol. The molecule has 3 rings (SSSR count). The van der Waals surface area contributed by atoms with Crippen molar-refractivity contribution in [2.24, 2.45) is 0 Å². The molecule has 0 radical (unpaired) electrons. The monoisotopic (exact) mass is 408 g/mol. The Morgan fingerprint density at radius 2 is 1.60 bits per heavy atom. The van der Waals surface area contributed by atoms with Gasteiger partial charge in [-0.25, -0.2) is 4.98 Å². The Kier molecular flexibility index (Phi) is 6.31. The van der Waals surface area contributed by atoms with Crippen molar-refractivity contribution in [1.29, 1.82) is 0 Å². The summed E-state index contributed by atoms with van der Waals surface area (Å²) in [5.41, 5.74) is 2.58. The molecule has 0 amide bonds. The van der Waals surface area contributed by atoms with Crippen molar-refractivity contribution in [1.82, 2.24) is 9.97 Å². The van der Waals surface area contributed by atoms with E-state index in [1.165, 1.54) is 0 Å². The summed E-state index contributed by atoms with van der Waals surface area (Å²) >= 11 is 0. The minimum Gasteiger partial charge on any atom is -0.494 e. The quantitative estimate of drug-likeness (QED) is 0.410. The number of benzene rings is 2. The second-order valence-corrected chi connectivity index (χ2v) is 6.74. The van der Waals surface area contributed by atoms with Gasteiger partial charge in [-0.2, -0.15) is 4.98 Å². The summed E-state index contributed by atoms with van der Waals surface area (Å²) in [6.45, 7) is 4.05. The molecule has 0 aliphatic rings. The fourth-order valence-electron chi connectivity index (χ4n) is 2.84. The van der Waals surface area contributed by atoms with Gasteiger partial charge in [-0.15, -0.1) is 0 Å². The van der Waals surface area contributed by atoms with Gasteiger partial charge in [0.05, 0.1) is 11.5 Å². The van der Waals surface area contributed by atoms with E-state index < -0.39 is 4.92 Å². The summed E-state index contributed by atoms with van der Waals surface area (Å²) in [4.78, 5) is 21.7. The lowest BCUT2D eigenvalue weighted by Gasteiger charge is -2.14. The van der Waals surface area contributed by atoms with Crippen LogP contribution in [-0.4, -0.2) is 35.6 Å². The van der Waals surface area contributed by atoms with Crippen LogP contribution in [0.4, 0.5) is 34.5 Å². The SMILES string of the molecule is CCOc1ccc(Nc2nc(Nc3ccc(N(C)C)cc3)nc(C)c2[N+](=O)[O-])cc1. The predicted octanol–water partition coefficient (Wildman–Crippen LogP) is 4.65. The van der Waals surface area contributed by atoms with E-state index in [1.54, 1.807) is 31.2 Å². The molecular formula is C21H24N6O3. The molecule has 0 fully saturated rings. The Labute approximate surface area is 174 Å². The van der Waals surface area contributed by atoms with Crippen LogP contribution in [0.3, 0.4) is 0 Å². The zero-order valence-corrected chi connectivity index (χ0v) is 17.3. The highest BCUT2D eigenvalue weighted by Crippen LogP contribution is 2.31. The van der Waals surface area contributed by atoms with E-state index in [4.69, 9.17) is 4.74 Å². The molecule has 0 saturated carbocycles. The van der Waals surface area contributed by atoms with Crippen LogP contribution >= 0.6 is 0 Å². The van der Waals surface area contributed by atoms with E-state index in [0.29, 0.717) is 12.3 Å². The highest BCUT2D eigenvalue weighted by atomic mass is 16.6. The number of aromatic nitrogens is 2. The Morgan fingerprint density at radius 1 is 1.00 bits per heavy atom. The zero-order chi connectivity index (χ0) is 21.7. The summed E-state index contributed by atoms with van der Waals surface area (Å²) in [5.74, 6) is 1.10. The van der Waals surface area contributed by atoms with E-state index >= 15 is 0 Å². The van der Waals surface area contributed by atoms with Crippen LogP contribution < -0.4 is 20.3 Å². The van der Waals surface area contributed by atoms with E-state index in [1.807, 2.05) is 50.2 Å². The Hall–Kier alpha value is -3.88. The van der Waals surface area contributed by atoms with Gasteiger partial charge in [0.2, 0.25) is 11.8 Å². The van der Waals surface area contributed by atoms with Crippen molar-refractivity contribution in [2.75, 3.05) is 36.2 Å². The molecule has 0 unspecified atom stereocenters. The van der Waals surface area contributed by atoms with E-state index in [-0.39, 0.29) is 23.1 Å². The van der Waals surface area contributed by atoms with Crippen LogP contribution in [0.15, 0.2) is 48.5 Å². The predicted molar refractivity (Wildman–Crippen MR) is 118 cm³/mol. The van der Waals surface area contributed by atoms with Gasteiger partial charge in [-0.1, -0.05) is 0 Å². The molecule has 156 valence electrons. The number of ether oxygens (including phenoxy) is 1. The first kappa shape index (κ1) is 20.8. The van der Waals surface area contributed by atoms with Gasteiger partial charge in [0.1, 0.15) is 11.4 Å². The van der Waals surface area contributed by atoms with Crippen LogP contribution in [-0.2, 0) is 0 Å². The smallest absolute Gasteiger partial charge is 0.332 e. The molecule has 0 saturated heterocycles. The second-order valence-electron chi connectivity index (χ2n) is 6.74. The molecule has 2 N–H and O–H groups in total. The van der Waals surface area contributed by atoms with Crippen LogP contribution in [0.1, 0.15) is 12.6 Å². The third-order valence-electron chi connectivity index (χ3n) is 4.31. The topological polar surface area (TPSA) is 105 Å². The van der Waals surface area contributed by atoms with Crippen molar-refractivity contribution in [3.63, 3.8) is 0 Å². The first-order valence-corrected chi connectivity index (χ1v) is 9.44.